The molecule has 0 bridgehead atoms. The fourth-order valence-corrected chi connectivity index (χ4v) is 4.89. The van der Waals surface area contributed by atoms with Crippen LogP contribution in [-0.2, 0) is 19.5 Å². The van der Waals surface area contributed by atoms with Gasteiger partial charge < -0.3 is 0 Å². The standard InChI is InChI=1S/C29H28FN3O/c1-20-13-14-24(26(30)17-20)18-32-16-15-27-25(19-32)29(34)33(21(2)31-27)28(22-9-5-3-6-10-22)23-11-7-4-8-12-23/h3-14,17,28H,15-16,18-19H2,1-2H3. The molecule has 0 unspecified atom stereocenters. The van der Waals surface area contributed by atoms with Gasteiger partial charge >= 0.3 is 0 Å². The van der Waals surface area contributed by atoms with Crippen molar-refractivity contribution in [2.45, 2.75) is 39.4 Å². The first-order valence-electron chi connectivity index (χ1n) is 11.7. The minimum atomic E-state index is -0.266. The molecule has 4 aromatic rings. The van der Waals surface area contributed by atoms with E-state index in [2.05, 4.69) is 29.2 Å². The molecule has 4 nitrogen and oxygen atoms in total. The van der Waals surface area contributed by atoms with Crippen LogP contribution in [0.3, 0.4) is 0 Å². The van der Waals surface area contributed by atoms with Gasteiger partial charge in [-0.3, -0.25) is 14.3 Å². The summed E-state index contributed by atoms with van der Waals surface area (Å²) in [5.41, 5.74) is 5.18. The quantitative estimate of drug-likeness (QED) is 0.417. The number of benzene rings is 3. The van der Waals surface area contributed by atoms with Gasteiger partial charge in [-0.05, 0) is 36.6 Å². The second-order valence-electron chi connectivity index (χ2n) is 9.04. The van der Waals surface area contributed by atoms with Gasteiger partial charge in [-0.1, -0.05) is 72.8 Å². The number of hydrogen-bond donors (Lipinski definition) is 0. The van der Waals surface area contributed by atoms with Crippen LogP contribution in [0.1, 0.15) is 45.4 Å². The van der Waals surface area contributed by atoms with Crippen molar-refractivity contribution in [1.82, 2.24) is 14.5 Å². The Kier molecular flexibility index (Phi) is 6.12. The highest BCUT2D eigenvalue weighted by Crippen LogP contribution is 2.27. The van der Waals surface area contributed by atoms with Gasteiger partial charge in [0.2, 0.25) is 0 Å². The lowest BCUT2D eigenvalue weighted by atomic mass is 9.97. The minimum Gasteiger partial charge on any atom is -0.294 e. The molecule has 5 rings (SSSR count). The largest absolute Gasteiger partial charge is 0.294 e. The molecule has 1 aromatic heterocycles. The van der Waals surface area contributed by atoms with Crippen LogP contribution in [0, 0.1) is 19.7 Å². The van der Waals surface area contributed by atoms with Crippen molar-refractivity contribution in [2.75, 3.05) is 6.54 Å². The molecule has 3 aromatic carbocycles. The van der Waals surface area contributed by atoms with E-state index in [1.165, 1.54) is 0 Å². The summed E-state index contributed by atoms with van der Waals surface area (Å²) < 4.78 is 16.3. The van der Waals surface area contributed by atoms with E-state index in [0.29, 0.717) is 36.5 Å². The smallest absolute Gasteiger partial charge is 0.259 e. The van der Waals surface area contributed by atoms with E-state index in [4.69, 9.17) is 4.98 Å². The third-order valence-electron chi connectivity index (χ3n) is 6.61. The van der Waals surface area contributed by atoms with Gasteiger partial charge in [-0.25, -0.2) is 9.37 Å². The number of nitrogens with zero attached hydrogens (tertiary/aromatic N) is 3. The lowest BCUT2D eigenvalue weighted by molar-refractivity contribution is 0.237. The Morgan fingerprint density at radius 1 is 0.941 bits per heavy atom. The molecule has 1 aliphatic rings. The molecular formula is C29H28FN3O. The minimum absolute atomic E-state index is 0.0192. The molecule has 0 fully saturated rings. The van der Waals surface area contributed by atoms with Crippen molar-refractivity contribution in [2.24, 2.45) is 0 Å². The molecule has 0 N–H and O–H groups in total. The van der Waals surface area contributed by atoms with Crippen LogP contribution in [0.25, 0.3) is 0 Å². The zero-order valence-electron chi connectivity index (χ0n) is 19.5. The van der Waals surface area contributed by atoms with Crippen LogP contribution >= 0.6 is 0 Å². The number of aryl methyl sites for hydroxylation is 2. The first kappa shape index (κ1) is 22.2. The Bertz CT molecular complexity index is 1330. The maximum atomic E-state index is 14.5. The van der Waals surface area contributed by atoms with E-state index in [1.807, 2.05) is 66.9 Å². The monoisotopic (exact) mass is 453 g/mol. The Labute approximate surface area is 199 Å². The van der Waals surface area contributed by atoms with Crippen LogP contribution in [0.2, 0.25) is 0 Å². The number of aromatic nitrogens is 2. The zero-order valence-corrected chi connectivity index (χ0v) is 19.5. The van der Waals surface area contributed by atoms with Crippen molar-refractivity contribution in [3.05, 3.63) is 134 Å². The van der Waals surface area contributed by atoms with Gasteiger partial charge in [0.05, 0.1) is 17.3 Å². The van der Waals surface area contributed by atoms with Crippen LogP contribution in [0.5, 0.6) is 0 Å². The molecule has 0 spiro atoms. The van der Waals surface area contributed by atoms with Gasteiger partial charge in [0.1, 0.15) is 11.6 Å². The van der Waals surface area contributed by atoms with Crippen LogP contribution in [0.4, 0.5) is 4.39 Å². The molecule has 34 heavy (non-hydrogen) atoms. The summed E-state index contributed by atoms with van der Waals surface area (Å²) in [6.07, 6.45) is 0.682. The lowest BCUT2D eigenvalue weighted by Gasteiger charge is -2.30. The molecule has 0 aliphatic carbocycles. The van der Waals surface area contributed by atoms with E-state index in [1.54, 1.807) is 6.07 Å². The summed E-state index contributed by atoms with van der Waals surface area (Å²) in [5, 5.41) is 0. The van der Waals surface area contributed by atoms with E-state index >= 15 is 0 Å². The first-order chi connectivity index (χ1) is 16.5. The van der Waals surface area contributed by atoms with Crippen LogP contribution in [-0.4, -0.2) is 21.0 Å². The fraction of sp³-hybridized carbons (Fsp3) is 0.241. The Morgan fingerprint density at radius 2 is 1.59 bits per heavy atom. The Balaban J connectivity index is 1.55. The Morgan fingerprint density at radius 3 is 2.21 bits per heavy atom. The van der Waals surface area contributed by atoms with E-state index < -0.39 is 0 Å². The molecule has 0 radical (unpaired) electrons. The normalized spacial score (nSPS) is 13.8. The van der Waals surface area contributed by atoms with Gasteiger partial charge in [0.15, 0.2) is 0 Å². The number of fused-ring (bicyclic) bond motifs is 1. The summed E-state index contributed by atoms with van der Waals surface area (Å²) in [6, 6.07) is 25.2. The third kappa shape index (κ3) is 4.31. The SMILES string of the molecule is Cc1ccc(CN2CCc3nc(C)n(C(c4ccccc4)c4ccccc4)c(=O)c3C2)c(F)c1. The molecule has 2 heterocycles. The number of rotatable bonds is 5. The maximum Gasteiger partial charge on any atom is 0.259 e. The average molecular weight is 454 g/mol. The topological polar surface area (TPSA) is 38.1 Å². The number of hydrogen-bond acceptors (Lipinski definition) is 3. The highest BCUT2D eigenvalue weighted by molar-refractivity contribution is 5.35. The zero-order chi connectivity index (χ0) is 23.7. The van der Waals surface area contributed by atoms with Crippen molar-refractivity contribution in [3.8, 4) is 0 Å². The van der Waals surface area contributed by atoms with Crippen LogP contribution < -0.4 is 5.56 Å². The van der Waals surface area contributed by atoms with Gasteiger partial charge in [0.25, 0.3) is 5.56 Å². The van der Waals surface area contributed by atoms with Crippen LogP contribution in [0.15, 0.2) is 83.7 Å². The molecule has 0 saturated carbocycles. The third-order valence-corrected chi connectivity index (χ3v) is 6.61. The highest BCUT2D eigenvalue weighted by Gasteiger charge is 2.27. The van der Waals surface area contributed by atoms with Crippen molar-refractivity contribution < 1.29 is 4.39 Å². The van der Waals surface area contributed by atoms with E-state index in [0.717, 1.165) is 28.9 Å². The number of halogens is 1. The second kappa shape index (κ2) is 9.35. The molecule has 0 atom stereocenters. The van der Waals surface area contributed by atoms with Gasteiger partial charge in [0, 0.05) is 31.6 Å². The predicted molar refractivity (Wildman–Crippen MR) is 132 cm³/mol. The van der Waals surface area contributed by atoms with Crippen molar-refractivity contribution in [3.63, 3.8) is 0 Å². The first-order valence-corrected chi connectivity index (χ1v) is 11.7. The molecular weight excluding hydrogens is 425 g/mol. The Hall–Kier alpha value is -3.57. The highest BCUT2D eigenvalue weighted by atomic mass is 19.1. The summed E-state index contributed by atoms with van der Waals surface area (Å²) in [4.78, 5) is 21.0. The molecule has 0 amide bonds. The van der Waals surface area contributed by atoms with Gasteiger partial charge in [-0.2, -0.15) is 0 Å². The fourth-order valence-electron chi connectivity index (χ4n) is 4.89. The van der Waals surface area contributed by atoms with Gasteiger partial charge in [-0.15, -0.1) is 0 Å². The van der Waals surface area contributed by atoms with Crippen molar-refractivity contribution in [1.29, 1.82) is 0 Å². The van der Waals surface area contributed by atoms with Crippen molar-refractivity contribution >= 4 is 0 Å². The molecule has 0 saturated heterocycles. The summed E-state index contributed by atoms with van der Waals surface area (Å²) >= 11 is 0. The summed E-state index contributed by atoms with van der Waals surface area (Å²) in [7, 11) is 0. The average Bonchev–Trinajstić information content (AvgIpc) is 2.85. The second-order valence-corrected chi connectivity index (χ2v) is 9.04. The predicted octanol–water partition coefficient (Wildman–Crippen LogP) is 5.20. The van der Waals surface area contributed by atoms with E-state index in [-0.39, 0.29) is 17.4 Å². The molecule has 1 aliphatic heterocycles. The lowest BCUT2D eigenvalue weighted by Crippen LogP contribution is -2.40. The summed E-state index contributed by atoms with van der Waals surface area (Å²) in [5.74, 6) is 0.512. The maximum absolute atomic E-state index is 14.5. The van der Waals surface area contributed by atoms with E-state index in [9.17, 15) is 9.18 Å². The molecule has 5 heteroatoms. The molecule has 172 valence electrons. The summed E-state index contributed by atoms with van der Waals surface area (Å²) in [6.45, 7) is 5.48.